The largest absolute Gasteiger partial charge is 1.00 e. The number of hydrogen-bond acceptors (Lipinski definition) is 10. The van der Waals surface area contributed by atoms with Crippen LogP contribution in [0.4, 0.5) is 5.13 Å². The molecule has 3 aliphatic heterocycles. The van der Waals surface area contributed by atoms with E-state index in [0.717, 1.165) is 0 Å². The van der Waals surface area contributed by atoms with Gasteiger partial charge in [0.2, 0.25) is 5.91 Å². The number of rotatable bonds is 8. The number of carboxylic acids is 1. The smallest absolute Gasteiger partial charge is 0.543 e. The molecular formula is C19H23N4NaO6S2. The molecule has 2 amide bonds. The van der Waals surface area contributed by atoms with Crippen molar-refractivity contribution in [3.8, 4) is 0 Å². The van der Waals surface area contributed by atoms with E-state index in [4.69, 9.17) is 5.11 Å². The molecule has 1 aromatic heterocycles. The van der Waals surface area contributed by atoms with Crippen LogP contribution in [-0.4, -0.2) is 81.5 Å². The fourth-order valence-corrected chi connectivity index (χ4v) is 6.63. The molecular weight excluding hydrogens is 467 g/mol. The van der Waals surface area contributed by atoms with Crippen molar-refractivity contribution in [1.82, 2.24) is 15.2 Å². The number of β-lactam (4-membered cyclic amide) rings is 1. The molecule has 168 valence electrons. The van der Waals surface area contributed by atoms with Crippen LogP contribution in [0.5, 0.6) is 0 Å². The number of carbonyl (C=O) groups is 3. The summed E-state index contributed by atoms with van der Waals surface area (Å²) in [6.45, 7) is 4.71. The minimum absolute atomic E-state index is 0. The van der Waals surface area contributed by atoms with Gasteiger partial charge >= 0.3 is 29.6 Å². The van der Waals surface area contributed by atoms with E-state index in [-0.39, 0.29) is 77.4 Å². The molecule has 0 aromatic carbocycles. The van der Waals surface area contributed by atoms with Crippen molar-refractivity contribution in [2.75, 3.05) is 31.1 Å². The number of nitrogens with one attached hydrogen (secondary N) is 1. The van der Waals surface area contributed by atoms with E-state index in [9.17, 15) is 24.6 Å². The number of thioether (sulfide) groups is 1. The Hall–Kier alpha value is -1.15. The molecule has 13 heteroatoms. The quantitative estimate of drug-likeness (QED) is 0.243. The Morgan fingerprint density at radius 1 is 1.44 bits per heavy atom. The number of nitrogens with zero attached hydrogens (tertiary/aromatic N) is 3. The van der Waals surface area contributed by atoms with E-state index in [1.54, 1.807) is 12.3 Å². The van der Waals surface area contributed by atoms with Crippen LogP contribution in [0.25, 0.3) is 0 Å². The van der Waals surface area contributed by atoms with E-state index < -0.39 is 18.0 Å². The molecule has 4 atom stereocenters. The molecule has 3 N–H and O–H groups in total. The maximum absolute atomic E-state index is 12.4. The Morgan fingerprint density at radius 3 is 2.72 bits per heavy atom. The first-order valence-corrected chi connectivity index (χ1v) is 11.7. The van der Waals surface area contributed by atoms with E-state index in [1.807, 2.05) is 11.8 Å². The fourth-order valence-electron chi connectivity index (χ4n) is 4.29. The normalized spacial score (nSPS) is 25.6. The van der Waals surface area contributed by atoms with Crippen LogP contribution in [0.2, 0.25) is 0 Å². The monoisotopic (exact) mass is 490 g/mol. The number of carbonyl (C=O) groups excluding carboxylic acids is 3. The molecule has 32 heavy (non-hydrogen) atoms. The minimum Gasteiger partial charge on any atom is -0.543 e. The zero-order valence-electron chi connectivity index (χ0n) is 18.0. The van der Waals surface area contributed by atoms with Gasteiger partial charge in [-0.05, 0) is 6.92 Å². The van der Waals surface area contributed by atoms with Crippen molar-refractivity contribution in [3.05, 3.63) is 21.7 Å². The summed E-state index contributed by atoms with van der Waals surface area (Å²) in [6.07, 6.45) is -0.837. The third kappa shape index (κ3) is 4.33. The van der Waals surface area contributed by atoms with Crippen LogP contribution >= 0.6 is 23.1 Å². The number of hydrogen-bond donors (Lipinski definition) is 3. The summed E-state index contributed by atoms with van der Waals surface area (Å²) < 4.78 is 0. The van der Waals surface area contributed by atoms with Gasteiger partial charge in [0.15, 0.2) is 5.13 Å². The van der Waals surface area contributed by atoms with Crippen LogP contribution in [0.15, 0.2) is 16.0 Å². The Labute approximate surface area is 215 Å². The van der Waals surface area contributed by atoms with E-state index in [1.165, 1.54) is 28.0 Å². The molecule has 0 aliphatic carbocycles. The van der Waals surface area contributed by atoms with Crippen molar-refractivity contribution in [1.29, 1.82) is 0 Å². The SMILES string of the molecule is C[C@@H](O)C1C(=O)N2C(C(=O)[O-])=C(SC3CN(c4nc(C(=O)NCCO)cs4)C3)[C@H](C)C12.[Na+]. The predicted molar refractivity (Wildman–Crippen MR) is 112 cm³/mol. The number of thiazole rings is 1. The van der Waals surface area contributed by atoms with Gasteiger partial charge in [0, 0.05) is 41.1 Å². The van der Waals surface area contributed by atoms with Crippen molar-refractivity contribution >= 4 is 46.0 Å². The summed E-state index contributed by atoms with van der Waals surface area (Å²) in [4.78, 5) is 44.3. The first kappa shape index (κ1) is 25.5. The van der Waals surface area contributed by atoms with Gasteiger partial charge in [-0.15, -0.1) is 23.1 Å². The topological polar surface area (TPSA) is 146 Å². The van der Waals surface area contributed by atoms with Gasteiger partial charge in [-0.25, -0.2) is 4.98 Å². The first-order valence-electron chi connectivity index (χ1n) is 9.97. The number of fused-ring (bicyclic) bond motifs is 1. The van der Waals surface area contributed by atoms with Gasteiger partial charge in [0.25, 0.3) is 5.91 Å². The Balaban J connectivity index is 0.00000289. The molecule has 10 nitrogen and oxygen atoms in total. The standard InChI is InChI=1S/C19H24N4O6S2.Na/c1-8-13-12(9(2)25)17(27)23(13)14(18(28)29)15(8)31-10-5-22(6-10)19-21-11(7-30-19)16(26)20-3-4-24;/h7-10,12-13,24-25H,3-6H2,1-2H3,(H,20,26)(H,28,29);/q;+1/p-1/t8-,9-,12?,13?;/m1./s1. The summed E-state index contributed by atoms with van der Waals surface area (Å²) in [6, 6.07) is -0.349. The van der Waals surface area contributed by atoms with E-state index in [2.05, 4.69) is 10.3 Å². The van der Waals surface area contributed by atoms with Crippen LogP contribution in [0.1, 0.15) is 24.3 Å². The summed E-state index contributed by atoms with van der Waals surface area (Å²) in [7, 11) is 0. The molecule has 2 fully saturated rings. The molecule has 0 spiro atoms. The number of aliphatic hydroxyl groups excluding tert-OH is 2. The number of aromatic nitrogens is 1. The third-order valence-corrected chi connectivity index (χ3v) is 8.19. The summed E-state index contributed by atoms with van der Waals surface area (Å²) in [5.74, 6) is -2.86. The van der Waals surface area contributed by atoms with Gasteiger partial charge in [0.1, 0.15) is 5.69 Å². The molecule has 0 saturated carbocycles. The second-order valence-corrected chi connectivity index (χ2v) is 10.1. The molecule has 2 unspecified atom stereocenters. The Kier molecular flexibility index (Phi) is 7.96. The van der Waals surface area contributed by atoms with E-state index >= 15 is 0 Å². The maximum atomic E-state index is 12.4. The Morgan fingerprint density at radius 2 is 2.12 bits per heavy atom. The predicted octanol–water partition coefficient (Wildman–Crippen LogP) is -4.39. The average Bonchev–Trinajstić information content (AvgIpc) is 3.24. The second kappa shape index (κ2) is 10.00. The second-order valence-electron chi connectivity index (χ2n) is 7.89. The number of carboxylic acid groups (broad SMARTS) is 1. The van der Waals surface area contributed by atoms with Crippen molar-refractivity contribution in [3.63, 3.8) is 0 Å². The third-order valence-electron chi connectivity index (χ3n) is 5.84. The zero-order chi connectivity index (χ0) is 22.4. The minimum atomic E-state index is -1.37. The fraction of sp³-hybridized carbons (Fsp3) is 0.579. The van der Waals surface area contributed by atoms with Crippen molar-refractivity contribution in [2.24, 2.45) is 11.8 Å². The first-order chi connectivity index (χ1) is 14.7. The van der Waals surface area contributed by atoms with Gasteiger partial charge < -0.3 is 35.2 Å². The Bertz CT molecular complexity index is 948. The molecule has 0 radical (unpaired) electrons. The molecule has 1 aromatic rings. The maximum Gasteiger partial charge on any atom is 1.00 e. The molecule has 4 rings (SSSR count). The summed E-state index contributed by atoms with van der Waals surface area (Å²) in [5.41, 5.74) is 0.225. The average molecular weight is 491 g/mol. The van der Waals surface area contributed by atoms with Crippen molar-refractivity contribution < 1.29 is 59.3 Å². The number of anilines is 1. The van der Waals surface area contributed by atoms with Gasteiger partial charge in [-0.3, -0.25) is 9.59 Å². The van der Waals surface area contributed by atoms with Crippen LogP contribution < -0.4 is 44.9 Å². The van der Waals surface area contributed by atoms with Gasteiger partial charge in [-0.2, -0.15) is 0 Å². The van der Waals surface area contributed by atoms with E-state index in [0.29, 0.717) is 28.8 Å². The van der Waals surface area contributed by atoms with Crippen molar-refractivity contribution in [2.45, 2.75) is 31.2 Å². The molecule has 3 aliphatic rings. The zero-order valence-corrected chi connectivity index (χ0v) is 21.6. The van der Waals surface area contributed by atoms with Crippen LogP contribution in [0, 0.1) is 11.8 Å². The molecule has 2 saturated heterocycles. The number of aliphatic hydroxyl groups is 2. The summed E-state index contributed by atoms with van der Waals surface area (Å²) >= 11 is 2.78. The number of amides is 2. The molecule has 4 heterocycles. The van der Waals surface area contributed by atoms with Crippen LogP contribution in [-0.2, 0) is 9.59 Å². The molecule has 0 bridgehead atoms. The van der Waals surface area contributed by atoms with Gasteiger partial charge in [-0.1, -0.05) is 6.92 Å². The van der Waals surface area contributed by atoms with Crippen LogP contribution in [0.3, 0.4) is 0 Å². The van der Waals surface area contributed by atoms with Gasteiger partial charge in [0.05, 0.1) is 36.3 Å². The summed E-state index contributed by atoms with van der Waals surface area (Å²) in [5, 5.41) is 35.5. The number of aliphatic carboxylic acids is 1.